The third-order valence-corrected chi connectivity index (χ3v) is 4.07. The van der Waals surface area contributed by atoms with Crippen molar-refractivity contribution >= 4 is 23.2 Å². The number of benzene rings is 2. The highest BCUT2D eigenvalue weighted by molar-refractivity contribution is 6.31. The van der Waals surface area contributed by atoms with E-state index in [2.05, 4.69) is 12.1 Å². The fourth-order valence-corrected chi connectivity index (χ4v) is 3.24. The Balaban J connectivity index is 1.99. The molecule has 0 saturated carbocycles. The Morgan fingerprint density at radius 3 is 2.56 bits per heavy atom. The summed E-state index contributed by atoms with van der Waals surface area (Å²) in [6.45, 7) is 0.801. The molecule has 3 heteroatoms. The van der Waals surface area contributed by atoms with Crippen LogP contribution in [0.3, 0.4) is 0 Å². The van der Waals surface area contributed by atoms with Gasteiger partial charge in [-0.15, -0.1) is 0 Å². The van der Waals surface area contributed by atoms with E-state index < -0.39 is 0 Å². The van der Waals surface area contributed by atoms with E-state index in [4.69, 9.17) is 27.9 Å². The molecule has 1 saturated heterocycles. The summed E-state index contributed by atoms with van der Waals surface area (Å²) in [5.74, 6) is 0. The first kappa shape index (κ1) is 10.9. The molecule has 0 spiro atoms. The fraction of sp³-hybridized carbons (Fsp3) is 0.200. The second-order valence-electron chi connectivity index (χ2n) is 4.83. The van der Waals surface area contributed by atoms with Gasteiger partial charge >= 0.3 is 0 Å². The second kappa shape index (κ2) is 3.74. The molecule has 18 heavy (non-hydrogen) atoms. The Labute approximate surface area is 115 Å². The standard InChI is InChI=1S/C15H10Cl2O/c16-10-1-2-12-8(4-10)3-9-5-11(17)6-13(15(9)12)14-7-18-14/h1-2,4-6,14H,3,7H2/t14-/m1/s1. The molecular formula is C15H10Cl2O. The molecule has 2 aromatic carbocycles. The molecule has 0 amide bonds. The van der Waals surface area contributed by atoms with Crippen molar-refractivity contribution < 1.29 is 4.74 Å². The van der Waals surface area contributed by atoms with Crippen LogP contribution in [-0.2, 0) is 11.2 Å². The number of ether oxygens (including phenoxy) is 1. The summed E-state index contributed by atoms with van der Waals surface area (Å²) < 4.78 is 5.43. The van der Waals surface area contributed by atoms with E-state index in [9.17, 15) is 0 Å². The van der Waals surface area contributed by atoms with Crippen LogP contribution in [0.5, 0.6) is 0 Å². The van der Waals surface area contributed by atoms with E-state index in [0.29, 0.717) is 0 Å². The Morgan fingerprint density at radius 1 is 1.00 bits per heavy atom. The van der Waals surface area contributed by atoms with Gasteiger partial charge in [-0.3, -0.25) is 0 Å². The molecule has 1 heterocycles. The van der Waals surface area contributed by atoms with E-state index in [-0.39, 0.29) is 6.10 Å². The van der Waals surface area contributed by atoms with Crippen LogP contribution in [0.25, 0.3) is 11.1 Å². The van der Waals surface area contributed by atoms with Crippen molar-refractivity contribution in [3.63, 3.8) is 0 Å². The SMILES string of the molecule is Clc1ccc2c(c1)Cc1cc(Cl)cc([C@H]3CO3)c1-2. The summed E-state index contributed by atoms with van der Waals surface area (Å²) >= 11 is 12.3. The molecule has 90 valence electrons. The molecule has 1 aliphatic heterocycles. The fourth-order valence-electron chi connectivity index (χ4n) is 2.79. The van der Waals surface area contributed by atoms with Gasteiger partial charge in [-0.1, -0.05) is 29.3 Å². The highest BCUT2D eigenvalue weighted by Crippen LogP contribution is 2.46. The molecule has 2 aromatic rings. The molecule has 4 rings (SSSR count). The maximum Gasteiger partial charge on any atom is 0.107 e. The minimum absolute atomic E-state index is 0.221. The molecule has 1 atom stereocenters. The molecular weight excluding hydrogens is 267 g/mol. The highest BCUT2D eigenvalue weighted by Gasteiger charge is 2.32. The number of rotatable bonds is 1. The summed E-state index contributed by atoms with van der Waals surface area (Å²) in [6.07, 6.45) is 1.13. The van der Waals surface area contributed by atoms with Crippen molar-refractivity contribution in [2.24, 2.45) is 0 Å². The Kier molecular flexibility index (Phi) is 2.25. The smallest absolute Gasteiger partial charge is 0.107 e. The lowest BCUT2D eigenvalue weighted by Gasteiger charge is -2.08. The summed E-state index contributed by atoms with van der Waals surface area (Å²) in [5.41, 5.74) is 6.36. The lowest BCUT2D eigenvalue weighted by atomic mass is 9.97. The quantitative estimate of drug-likeness (QED) is 0.590. The summed E-state index contributed by atoms with van der Waals surface area (Å²) in [7, 11) is 0. The summed E-state index contributed by atoms with van der Waals surface area (Å²) in [6, 6.07) is 10.2. The van der Waals surface area contributed by atoms with E-state index in [1.54, 1.807) is 0 Å². The van der Waals surface area contributed by atoms with Gasteiger partial charge < -0.3 is 4.74 Å². The van der Waals surface area contributed by atoms with Crippen LogP contribution in [0.1, 0.15) is 22.8 Å². The normalized spacial score (nSPS) is 19.6. The number of hydrogen-bond acceptors (Lipinski definition) is 1. The first-order chi connectivity index (χ1) is 8.72. The number of halogens is 2. The van der Waals surface area contributed by atoms with Gasteiger partial charge in [0, 0.05) is 10.0 Å². The maximum absolute atomic E-state index is 6.19. The van der Waals surface area contributed by atoms with Crippen molar-refractivity contribution in [3.05, 3.63) is 57.1 Å². The van der Waals surface area contributed by atoms with Crippen LogP contribution in [0.15, 0.2) is 30.3 Å². The van der Waals surface area contributed by atoms with Crippen molar-refractivity contribution in [2.75, 3.05) is 6.61 Å². The van der Waals surface area contributed by atoms with Crippen LogP contribution in [0.2, 0.25) is 10.0 Å². The van der Waals surface area contributed by atoms with Crippen LogP contribution in [-0.4, -0.2) is 6.61 Å². The Bertz CT molecular complexity index is 660. The molecule has 0 aromatic heterocycles. The first-order valence-corrected chi connectivity index (χ1v) is 6.71. The zero-order valence-electron chi connectivity index (χ0n) is 9.54. The van der Waals surface area contributed by atoms with Gasteiger partial charge in [0.1, 0.15) is 6.10 Å². The largest absolute Gasteiger partial charge is 0.368 e. The molecule has 0 unspecified atom stereocenters. The Hall–Kier alpha value is -1.02. The molecule has 2 aliphatic rings. The van der Waals surface area contributed by atoms with Crippen LogP contribution in [0, 0.1) is 0 Å². The van der Waals surface area contributed by atoms with Crippen LogP contribution in [0.4, 0.5) is 0 Å². The monoisotopic (exact) mass is 276 g/mol. The lowest BCUT2D eigenvalue weighted by molar-refractivity contribution is 0.416. The molecule has 1 aliphatic carbocycles. The Morgan fingerprint density at radius 2 is 1.78 bits per heavy atom. The van der Waals surface area contributed by atoms with Gasteiger partial charge in [-0.2, -0.15) is 0 Å². The van der Waals surface area contributed by atoms with Crippen LogP contribution >= 0.6 is 23.2 Å². The van der Waals surface area contributed by atoms with Gasteiger partial charge in [0.15, 0.2) is 0 Å². The zero-order valence-corrected chi connectivity index (χ0v) is 11.1. The van der Waals surface area contributed by atoms with Crippen molar-refractivity contribution in [1.29, 1.82) is 0 Å². The second-order valence-corrected chi connectivity index (χ2v) is 5.70. The summed E-state index contributed by atoms with van der Waals surface area (Å²) in [4.78, 5) is 0. The molecule has 1 fully saturated rings. The highest BCUT2D eigenvalue weighted by atomic mass is 35.5. The average Bonchev–Trinajstić information content (AvgIpc) is 3.09. The zero-order chi connectivity index (χ0) is 12.3. The third-order valence-electron chi connectivity index (χ3n) is 3.61. The van der Waals surface area contributed by atoms with Crippen LogP contribution < -0.4 is 0 Å². The lowest BCUT2D eigenvalue weighted by Crippen LogP contribution is -1.89. The van der Waals surface area contributed by atoms with Gasteiger partial charge in [-0.05, 0) is 58.5 Å². The predicted octanol–water partition coefficient (Wildman–Crippen LogP) is 4.64. The minimum Gasteiger partial charge on any atom is -0.368 e. The van der Waals surface area contributed by atoms with E-state index in [1.807, 2.05) is 18.2 Å². The maximum atomic E-state index is 6.19. The number of fused-ring (bicyclic) bond motifs is 3. The number of epoxide rings is 1. The van der Waals surface area contributed by atoms with E-state index >= 15 is 0 Å². The molecule has 1 nitrogen and oxygen atoms in total. The summed E-state index contributed by atoms with van der Waals surface area (Å²) in [5, 5.41) is 1.58. The number of hydrogen-bond donors (Lipinski definition) is 0. The molecule has 0 N–H and O–H groups in total. The van der Waals surface area contributed by atoms with Crippen molar-refractivity contribution in [2.45, 2.75) is 12.5 Å². The average molecular weight is 277 g/mol. The third kappa shape index (κ3) is 1.58. The van der Waals surface area contributed by atoms with E-state index in [1.165, 1.54) is 27.8 Å². The van der Waals surface area contributed by atoms with Gasteiger partial charge in [0.25, 0.3) is 0 Å². The molecule has 0 radical (unpaired) electrons. The van der Waals surface area contributed by atoms with Gasteiger partial charge in [0.2, 0.25) is 0 Å². The van der Waals surface area contributed by atoms with E-state index in [0.717, 1.165) is 23.1 Å². The minimum atomic E-state index is 0.221. The van der Waals surface area contributed by atoms with Gasteiger partial charge in [0.05, 0.1) is 6.61 Å². The van der Waals surface area contributed by atoms with Gasteiger partial charge in [-0.25, -0.2) is 0 Å². The predicted molar refractivity (Wildman–Crippen MR) is 73.4 cm³/mol. The first-order valence-electron chi connectivity index (χ1n) is 5.95. The van der Waals surface area contributed by atoms with Crippen molar-refractivity contribution in [1.82, 2.24) is 0 Å². The molecule has 0 bridgehead atoms. The van der Waals surface area contributed by atoms with Crippen molar-refractivity contribution in [3.8, 4) is 11.1 Å². The topological polar surface area (TPSA) is 12.5 Å².